The summed E-state index contributed by atoms with van der Waals surface area (Å²) >= 11 is 0. The molecule has 2 atom stereocenters. The van der Waals surface area contributed by atoms with Crippen molar-refractivity contribution in [3.63, 3.8) is 0 Å². The van der Waals surface area contributed by atoms with Crippen molar-refractivity contribution < 1.29 is 21.8 Å². The van der Waals surface area contributed by atoms with Gasteiger partial charge in [0, 0.05) is 6.54 Å². The molecule has 1 saturated heterocycles. The second-order valence-electron chi connectivity index (χ2n) is 6.82. The third-order valence-corrected chi connectivity index (χ3v) is 4.56. The molecule has 2 aliphatic carbocycles. The largest absolute Gasteiger partial charge is 2.00 e. The number of benzene rings is 1. The van der Waals surface area contributed by atoms with Crippen LogP contribution in [-0.2, 0) is 21.8 Å². The quantitative estimate of drug-likeness (QED) is 0.705. The van der Waals surface area contributed by atoms with Gasteiger partial charge in [-0.15, -0.1) is 0 Å². The van der Waals surface area contributed by atoms with E-state index in [0.717, 1.165) is 13.2 Å². The summed E-state index contributed by atoms with van der Waals surface area (Å²) in [5, 5.41) is 0. The summed E-state index contributed by atoms with van der Waals surface area (Å²) in [6, 6.07) is 11.1. The first-order valence-corrected chi connectivity index (χ1v) is 9.05. The molecule has 10 radical (unpaired) electrons. The standard InChI is InChI=1S/C18H22NO.C5H5.Fe/c1-14(2)18-19(12-15-8-6-7-9-15)17(13-20-18)16-10-4-3-5-11-16;1-2-4-5-3-1;/h3-11,14,17-18H,12-13H2,1-2H3;1-5H;/q;;+2/t17-,18+;;/m0../s1. The van der Waals surface area contributed by atoms with E-state index >= 15 is 0 Å². The second kappa shape index (κ2) is 11.5. The zero-order valence-corrected chi connectivity index (χ0v) is 16.5. The molecule has 0 spiro atoms. The first-order chi connectivity index (χ1) is 12.3. The Labute approximate surface area is 171 Å². The average molecular weight is 389 g/mol. The summed E-state index contributed by atoms with van der Waals surface area (Å²) in [6.07, 6.45) is 18.8. The molecule has 0 aromatic heterocycles. The molecule has 0 amide bonds. The molecule has 0 unspecified atom stereocenters. The molecule has 0 bridgehead atoms. The third kappa shape index (κ3) is 6.09. The van der Waals surface area contributed by atoms with Gasteiger partial charge in [0.1, 0.15) is 6.23 Å². The fraction of sp³-hybridized carbons (Fsp3) is 0.304. The SMILES string of the molecule is CC(C)[C@H]1OC[C@@H](c2ccccc2)N1C[C]1[CH][CH][CH][CH]1.[CH]1[CH][CH][CH][CH]1.[Fe+2]. The van der Waals surface area contributed by atoms with Crippen LogP contribution < -0.4 is 0 Å². The molecule has 2 saturated carbocycles. The molecule has 3 heteroatoms. The summed E-state index contributed by atoms with van der Waals surface area (Å²) in [5.74, 6) is 1.86. The van der Waals surface area contributed by atoms with Gasteiger partial charge in [0.05, 0.1) is 12.6 Å². The van der Waals surface area contributed by atoms with Crippen molar-refractivity contribution in [3.05, 3.63) is 99.6 Å². The van der Waals surface area contributed by atoms with Crippen LogP contribution in [0.25, 0.3) is 0 Å². The van der Waals surface area contributed by atoms with Crippen LogP contribution in [-0.4, -0.2) is 24.3 Å². The monoisotopic (exact) mass is 389 g/mol. The molecule has 1 aliphatic heterocycles. The Morgan fingerprint density at radius 1 is 0.923 bits per heavy atom. The maximum atomic E-state index is 6.07. The molecular formula is C23H27FeNO+2. The smallest absolute Gasteiger partial charge is 0.361 e. The number of hydrogen-bond donors (Lipinski definition) is 0. The van der Waals surface area contributed by atoms with Crippen LogP contribution in [0.5, 0.6) is 0 Å². The predicted molar refractivity (Wildman–Crippen MR) is 102 cm³/mol. The fourth-order valence-electron chi connectivity index (χ4n) is 3.35. The van der Waals surface area contributed by atoms with E-state index in [4.69, 9.17) is 4.74 Å². The Morgan fingerprint density at radius 2 is 1.50 bits per heavy atom. The van der Waals surface area contributed by atoms with Crippen LogP contribution in [0.15, 0.2) is 30.3 Å². The Hall–Kier alpha value is -0.341. The molecule has 1 aromatic rings. The Balaban J connectivity index is 0.000000351. The van der Waals surface area contributed by atoms with Crippen LogP contribution in [0.3, 0.4) is 0 Å². The molecular weight excluding hydrogens is 362 g/mol. The van der Waals surface area contributed by atoms with Crippen LogP contribution in [0, 0.1) is 69.6 Å². The molecule has 3 fully saturated rings. The van der Waals surface area contributed by atoms with Gasteiger partial charge >= 0.3 is 17.1 Å². The van der Waals surface area contributed by atoms with E-state index < -0.39 is 0 Å². The predicted octanol–water partition coefficient (Wildman–Crippen LogP) is 4.47. The molecule has 1 aromatic carbocycles. The van der Waals surface area contributed by atoms with Crippen molar-refractivity contribution in [2.75, 3.05) is 13.2 Å². The molecule has 26 heavy (non-hydrogen) atoms. The summed E-state index contributed by atoms with van der Waals surface area (Å²) in [7, 11) is 0. The van der Waals surface area contributed by atoms with Crippen LogP contribution in [0.1, 0.15) is 25.5 Å². The van der Waals surface area contributed by atoms with E-state index in [1.165, 1.54) is 11.5 Å². The third-order valence-electron chi connectivity index (χ3n) is 4.56. The number of hydrogen-bond acceptors (Lipinski definition) is 2. The van der Waals surface area contributed by atoms with Crippen LogP contribution in [0.4, 0.5) is 0 Å². The molecule has 2 nitrogen and oxygen atoms in total. The minimum atomic E-state index is 0. The molecule has 136 valence electrons. The van der Waals surface area contributed by atoms with Gasteiger partial charge in [-0.05, 0) is 75.2 Å². The van der Waals surface area contributed by atoms with E-state index in [2.05, 4.69) is 74.8 Å². The van der Waals surface area contributed by atoms with Crippen molar-refractivity contribution in [1.29, 1.82) is 0 Å². The average Bonchev–Trinajstić information content (AvgIpc) is 3.40. The van der Waals surface area contributed by atoms with Gasteiger partial charge in [-0.25, -0.2) is 0 Å². The minimum Gasteiger partial charge on any atom is -0.361 e. The Morgan fingerprint density at radius 3 is 2.04 bits per heavy atom. The summed E-state index contributed by atoms with van der Waals surface area (Å²) < 4.78 is 6.07. The molecule has 1 heterocycles. The van der Waals surface area contributed by atoms with Gasteiger partial charge in [0.15, 0.2) is 0 Å². The van der Waals surface area contributed by atoms with E-state index in [-0.39, 0.29) is 23.3 Å². The van der Waals surface area contributed by atoms with Crippen molar-refractivity contribution in [2.24, 2.45) is 5.92 Å². The molecule has 4 rings (SSSR count). The summed E-state index contributed by atoms with van der Waals surface area (Å²) in [6.45, 7) is 6.20. The normalized spacial score (nSPS) is 26.6. The molecule has 3 aliphatic rings. The fourth-order valence-corrected chi connectivity index (χ4v) is 3.35. The van der Waals surface area contributed by atoms with Crippen molar-refractivity contribution in [3.8, 4) is 0 Å². The van der Waals surface area contributed by atoms with Gasteiger partial charge in [0.25, 0.3) is 0 Å². The minimum absolute atomic E-state index is 0. The van der Waals surface area contributed by atoms with Crippen molar-refractivity contribution in [1.82, 2.24) is 4.90 Å². The van der Waals surface area contributed by atoms with Gasteiger partial charge in [-0.3, -0.25) is 4.90 Å². The topological polar surface area (TPSA) is 12.5 Å². The first kappa shape index (κ1) is 22.0. The Bertz CT molecular complexity index is 475. The van der Waals surface area contributed by atoms with Crippen LogP contribution >= 0.6 is 0 Å². The van der Waals surface area contributed by atoms with E-state index in [1.807, 2.05) is 32.1 Å². The zero-order chi connectivity index (χ0) is 17.5. The zero-order valence-electron chi connectivity index (χ0n) is 15.4. The van der Waals surface area contributed by atoms with Crippen LogP contribution in [0.2, 0.25) is 0 Å². The van der Waals surface area contributed by atoms with Crippen molar-refractivity contribution in [2.45, 2.75) is 26.1 Å². The summed E-state index contributed by atoms with van der Waals surface area (Å²) in [5.41, 5.74) is 1.35. The van der Waals surface area contributed by atoms with E-state index in [1.54, 1.807) is 0 Å². The van der Waals surface area contributed by atoms with E-state index in [0.29, 0.717) is 12.0 Å². The van der Waals surface area contributed by atoms with E-state index in [9.17, 15) is 0 Å². The van der Waals surface area contributed by atoms with Gasteiger partial charge in [0.2, 0.25) is 0 Å². The van der Waals surface area contributed by atoms with Crippen molar-refractivity contribution >= 4 is 0 Å². The second-order valence-corrected chi connectivity index (χ2v) is 6.82. The summed E-state index contributed by atoms with van der Waals surface area (Å²) in [4.78, 5) is 2.50. The first-order valence-electron chi connectivity index (χ1n) is 9.05. The number of nitrogens with zero attached hydrogens (tertiary/aromatic N) is 1. The maximum Gasteiger partial charge on any atom is 2.00 e. The Kier molecular flexibility index (Phi) is 9.70. The van der Waals surface area contributed by atoms with Gasteiger partial charge in [-0.2, -0.15) is 0 Å². The van der Waals surface area contributed by atoms with Gasteiger partial charge < -0.3 is 4.74 Å². The number of rotatable bonds is 4. The maximum absolute atomic E-state index is 6.07. The number of ether oxygens (including phenoxy) is 1. The molecule has 0 N–H and O–H groups in total. The van der Waals surface area contributed by atoms with Gasteiger partial charge in [-0.1, -0.05) is 44.2 Å².